The van der Waals surface area contributed by atoms with Crippen LogP contribution in [-0.4, -0.2) is 40.6 Å². The fourth-order valence-corrected chi connectivity index (χ4v) is 3.33. The number of nitrogens with one attached hydrogen (secondary N) is 2. The number of aryl methyl sites for hydroxylation is 1. The van der Waals surface area contributed by atoms with E-state index < -0.39 is 0 Å². The summed E-state index contributed by atoms with van der Waals surface area (Å²) in [5.74, 6) is 0.0822. The van der Waals surface area contributed by atoms with Crippen LogP contribution in [0.15, 0.2) is 6.20 Å². The Morgan fingerprint density at radius 3 is 2.85 bits per heavy atom. The summed E-state index contributed by atoms with van der Waals surface area (Å²) in [6, 6.07) is 0.229. The van der Waals surface area contributed by atoms with Crippen molar-refractivity contribution in [1.29, 1.82) is 0 Å². The summed E-state index contributed by atoms with van der Waals surface area (Å²) in [7, 11) is 1.76. The zero-order valence-corrected chi connectivity index (χ0v) is 12.5. The molecule has 0 radical (unpaired) electrons. The Labute approximate surface area is 119 Å². The third-order valence-electron chi connectivity index (χ3n) is 4.79. The van der Waals surface area contributed by atoms with E-state index in [0.29, 0.717) is 12.8 Å². The fraction of sp³-hybridized carbons (Fsp3) is 0.786. The van der Waals surface area contributed by atoms with Gasteiger partial charge < -0.3 is 10.1 Å². The van der Waals surface area contributed by atoms with Gasteiger partial charge in [0.1, 0.15) is 0 Å². The van der Waals surface area contributed by atoms with Crippen LogP contribution in [-0.2, 0) is 16.0 Å². The van der Waals surface area contributed by atoms with E-state index in [4.69, 9.17) is 4.74 Å². The quantitative estimate of drug-likeness (QED) is 0.792. The van der Waals surface area contributed by atoms with Crippen LogP contribution >= 0.6 is 0 Å². The number of carbonyl (C=O) groups excluding carboxylic acids is 1. The molecule has 1 amide bonds. The van der Waals surface area contributed by atoms with E-state index >= 15 is 0 Å². The van der Waals surface area contributed by atoms with Gasteiger partial charge in [-0.3, -0.25) is 4.79 Å². The molecule has 1 aromatic heterocycles. The number of aromatic amines is 1. The summed E-state index contributed by atoms with van der Waals surface area (Å²) in [5, 5.41) is 13.4. The molecule has 2 atom stereocenters. The van der Waals surface area contributed by atoms with Gasteiger partial charge in [0.05, 0.1) is 18.0 Å². The normalized spacial score (nSPS) is 24.1. The number of aromatic nitrogens is 3. The first-order valence-corrected chi connectivity index (χ1v) is 7.33. The predicted octanol–water partition coefficient (Wildman–Crippen LogP) is 1.45. The lowest BCUT2D eigenvalue weighted by atomic mass is 9.58. The van der Waals surface area contributed by atoms with Crippen LogP contribution in [0.2, 0.25) is 0 Å². The van der Waals surface area contributed by atoms with Gasteiger partial charge in [0.15, 0.2) is 0 Å². The van der Waals surface area contributed by atoms with Crippen LogP contribution < -0.4 is 5.32 Å². The third kappa shape index (κ3) is 2.70. The Morgan fingerprint density at radius 1 is 1.55 bits per heavy atom. The van der Waals surface area contributed by atoms with Gasteiger partial charge in [-0.2, -0.15) is 15.4 Å². The fourth-order valence-electron chi connectivity index (χ4n) is 3.33. The molecule has 1 heterocycles. The van der Waals surface area contributed by atoms with Crippen molar-refractivity contribution < 1.29 is 9.53 Å². The number of hydrogen-bond acceptors (Lipinski definition) is 4. The molecule has 20 heavy (non-hydrogen) atoms. The average molecular weight is 280 g/mol. The van der Waals surface area contributed by atoms with Crippen LogP contribution in [0.25, 0.3) is 0 Å². The number of nitrogens with zero attached hydrogens (tertiary/aromatic N) is 2. The topological polar surface area (TPSA) is 79.9 Å². The van der Waals surface area contributed by atoms with E-state index in [1.54, 1.807) is 13.3 Å². The van der Waals surface area contributed by atoms with Crippen LogP contribution in [0.5, 0.6) is 0 Å². The van der Waals surface area contributed by atoms with Crippen molar-refractivity contribution in [2.24, 2.45) is 5.41 Å². The largest absolute Gasteiger partial charge is 0.381 e. The Balaban J connectivity index is 1.85. The van der Waals surface area contributed by atoms with Gasteiger partial charge in [-0.1, -0.05) is 13.8 Å². The summed E-state index contributed by atoms with van der Waals surface area (Å²) in [6.45, 7) is 4.34. The second kappa shape index (κ2) is 6.35. The maximum absolute atomic E-state index is 12.0. The maximum atomic E-state index is 12.0. The first-order valence-electron chi connectivity index (χ1n) is 7.33. The number of methoxy groups -OCH3 is 1. The number of ether oxygens (including phenoxy) is 1. The van der Waals surface area contributed by atoms with Gasteiger partial charge in [-0.15, -0.1) is 0 Å². The van der Waals surface area contributed by atoms with Crippen molar-refractivity contribution in [3.8, 4) is 0 Å². The zero-order valence-electron chi connectivity index (χ0n) is 12.5. The number of H-pyrrole nitrogens is 1. The molecule has 6 heteroatoms. The van der Waals surface area contributed by atoms with E-state index in [2.05, 4.69) is 34.6 Å². The molecule has 112 valence electrons. The molecular weight excluding hydrogens is 256 g/mol. The highest BCUT2D eigenvalue weighted by molar-refractivity contribution is 5.76. The van der Waals surface area contributed by atoms with Gasteiger partial charge in [-0.05, 0) is 19.3 Å². The second-order valence-corrected chi connectivity index (χ2v) is 5.48. The van der Waals surface area contributed by atoms with Gasteiger partial charge in [0, 0.05) is 31.4 Å². The number of rotatable bonds is 7. The van der Waals surface area contributed by atoms with Crippen LogP contribution in [0, 0.1) is 5.41 Å². The Bertz CT molecular complexity index is 428. The Morgan fingerprint density at radius 2 is 2.30 bits per heavy atom. The molecule has 2 N–H and O–H groups in total. The SMILES string of the molecule is CCC1(CC)C(NC(=O)CCc2cn[nH]n2)CC1OC. The van der Waals surface area contributed by atoms with Crippen LogP contribution in [0.3, 0.4) is 0 Å². The van der Waals surface area contributed by atoms with E-state index in [1.165, 1.54) is 0 Å². The number of carbonyl (C=O) groups is 1. The predicted molar refractivity (Wildman–Crippen MR) is 75.1 cm³/mol. The van der Waals surface area contributed by atoms with Crippen molar-refractivity contribution in [1.82, 2.24) is 20.7 Å². The van der Waals surface area contributed by atoms with Crippen molar-refractivity contribution in [3.63, 3.8) is 0 Å². The lowest BCUT2D eigenvalue weighted by Crippen LogP contribution is -2.64. The molecule has 0 aromatic carbocycles. The highest BCUT2D eigenvalue weighted by Crippen LogP contribution is 2.48. The van der Waals surface area contributed by atoms with Crippen molar-refractivity contribution >= 4 is 5.91 Å². The van der Waals surface area contributed by atoms with Crippen molar-refractivity contribution in [2.45, 2.75) is 58.1 Å². The van der Waals surface area contributed by atoms with Crippen LogP contribution in [0.1, 0.15) is 45.2 Å². The minimum Gasteiger partial charge on any atom is -0.381 e. The average Bonchev–Trinajstić information content (AvgIpc) is 2.95. The smallest absolute Gasteiger partial charge is 0.220 e. The number of hydrogen-bond donors (Lipinski definition) is 2. The molecule has 2 unspecified atom stereocenters. The lowest BCUT2D eigenvalue weighted by molar-refractivity contribution is -0.141. The van der Waals surface area contributed by atoms with Gasteiger partial charge >= 0.3 is 0 Å². The highest BCUT2D eigenvalue weighted by Gasteiger charge is 2.53. The molecule has 0 saturated heterocycles. The monoisotopic (exact) mass is 280 g/mol. The maximum Gasteiger partial charge on any atom is 0.220 e. The number of amides is 1. The van der Waals surface area contributed by atoms with Gasteiger partial charge in [-0.25, -0.2) is 0 Å². The molecule has 2 rings (SSSR count). The second-order valence-electron chi connectivity index (χ2n) is 5.48. The molecule has 6 nitrogen and oxygen atoms in total. The molecular formula is C14H24N4O2. The minimum absolute atomic E-state index is 0.0822. The van der Waals surface area contributed by atoms with Gasteiger partial charge in [0.2, 0.25) is 5.91 Å². The molecule has 0 spiro atoms. The van der Waals surface area contributed by atoms with Crippen molar-refractivity contribution in [3.05, 3.63) is 11.9 Å². The Kier molecular flexibility index (Phi) is 4.75. The first kappa shape index (κ1) is 15.0. The van der Waals surface area contributed by atoms with Crippen molar-refractivity contribution in [2.75, 3.05) is 7.11 Å². The Hall–Kier alpha value is -1.43. The molecule has 0 aliphatic heterocycles. The molecule has 1 saturated carbocycles. The lowest BCUT2D eigenvalue weighted by Gasteiger charge is -2.55. The molecule has 1 aliphatic carbocycles. The highest BCUT2D eigenvalue weighted by atomic mass is 16.5. The molecule has 1 aromatic rings. The molecule has 0 bridgehead atoms. The molecule has 1 fully saturated rings. The van der Waals surface area contributed by atoms with Crippen LogP contribution in [0.4, 0.5) is 0 Å². The summed E-state index contributed by atoms with van der Waals surface area (Å²) in [4.78, 5) is 12.0. The van der Waals surface area contributed by atoms with E-state index in [-0.39, 0.29) is 23.5 Å². The zero-order chi connectivity index (χ0) is 14.6. The minimum atomic E-state index is 0.0822. The summed E-state index contributed by atoms with van der Waals surface area (Å²) < 4.78 is 5.54. The van der Waals surface area contributed by atoms with E-state index in [1.807, 2.05) is 0 Å². The molecule has 1 aliphatic rings. The standard InChI is InChI=1S/C14H24N4O2/c1-4-14(5-2)11(8-12(14)20-3)16-13(19)7-6-10-9-15-18-17-10/h9,11-12H,4-8H2,1-3H3,(H,16,19)(H,15,17,18). The third-order valence-corrected chi connectivity index (χ3v) is 4.79. The summed E-state index contributed by atoms with van der Waals surface area (Å²) >= 11 is 0. The summed E-state index contributed by atoms with van der Waals surface area (Å²) in [5.41, 5.74) is 0.916. The first-order chi connectivity index (χ1) is 9.66. The van der Waals surface area contributed by atoms with E-state index in [0.717, 1.165) is 25.0 Å². The van der Waals surface area contributed by atoms with Gasteiger partial charge in [0.25, 0.3) is 0 Å². The van der Waals surface area contributed by atoms with E-state index in [9.17, 15) is 4.79 Å². The summed E-state index contributed by atoms with van der Waals surface area (Å²) in [6.07, 6.45) is 5.94.